The van der Waals surface area contributed by atoms with Crippen LogP contribution in [-0.4, -0.2) is 0 Å². The van der Waals surface area contributed by atoms with Gasteiger partial charge in [-0.25, -0.2) is 0 Å². The van der Waals surface area contributed by atoms with E-state index < -0.39 is 7.82 Å². The Kier molecular flexibility index (Phi) is 15.9. The smallest absolute Gasteiger partial charge is 0.822 e. The van der Waals surface area contributed by atoms with Gasteiger partial charge in [-0.05, 0) is 0 Å². The van der Waals surface area contributed by atoms with Crippen LogP contribution in [0.4, 0.5) is 0 Å². The second kappa shape index (κ2) is 9.47. The van der Waals surface area contributed by atoms with Gasteiger partial charge in [0, 0.05) is 0 Å². The van der Waals surface area contributed by atoms with E-state index in [0.29, 0.717) is 0 Å². The zero-order valence-corrected chi connectivity index (χ0v) is 8.51. The zero-order valence-electron chi connectivity index (χ0n) is 4.47. The van der Waals surface area contributed by atoms with Crippen molar-refractivity contribution in [3.05, 3.63) is 0 Å². The van der Waals surface area contributed by atoms with Crippen molar-refractivity contribution in [2.24, 2.45) is 0 Å². The third kappa shape index (κ3) is 219. The van der Waals surface area contributed by atoms with E-state index >= 15 is 0 Å². The molecule has 0 saturated carbocycles. The van der Waals surface area contributed by atoms with Crippen molar-refractivity contribution in [2.45, 2.75) is 0 Å². The first-order valence-electron chi connectivity index (χ1n) is 1.43. The Morgan fingerprint density at radius 1 is 1.10 bits per heavy atom. The van der Waals surface area contributed by atoms with Gasteiger partial charge in [0.25, 0.3) is 0 Å². The summed E-state index contributed by atoms with van der Waals surface area (Å²) in [5.41, 5.74) is 0. The predicted molar refractivity (Wildman–Crippen MR) is 18.8 cm³/mol. The predicted octanol–water partition coefficient (Wildman–Crippen LogP) is -2.79. The van der Waals surface area contributed by atoms with Gasteiger partial charge in [-0.2, -0.15) is 18.3 Å². The molecule has 0 heterocycles. The van der Waals surface area contributed by atoms with Crippen LogP contribution in [0.15, 0.2) is 0 Å². The Balaban J connectivity index is -0.0000000910. The Morgan fingerprint density at radius 3 is 1.20 bits per heavy atom. The molecule has 0 aliphatic carbocycles. The molecule has 1 radical (unpaired) electrons. The molecule has 0 bridgehead atoms. The van der Waals surface area contributed by atoms with Gasteiger partial charge in [0.1, 0.15) is 0 Å². The van der Waals surface area contributed by atoms with Gasteiger partial charge < -0.3 is 19.2 Å². The van der Waals surface area contributed by atoms with E-state index in [1.165, 1.54) is 12.1 Å². The molecule has 0 aliphatic rings. The number of phosphoric acid groups is 1. The normalized spacial score (nSPS) is 6.90. The van der Waals surface area contributed by atoms with Crippen molar-refractivity contribution < 1.29 is 61.0 Å². The molecule has 8 heteroatoms. The van der Waals surface area contributed by atoms with Crippen LogP contribution in [0.5, 0.6) is 0 Å². The molecule has 0 aromatic heterocycles. The monoisotopic (exact) mass is 287 g/mol. The molecule has 6 nitrogen and oxygen atoms in total. The zero-order chi connectivity index (χ0) is 7.91. The summed E-state index contributed by atoms with van der Waals surface area (Å²) in [7, 11) is -5.39. The van der Waals surface area contributed by atoms with E-state index in [1.54, 1.807) is 0 Å². The fourth-order valence-corrected chi connectivity index (χ4v) is 0. The number of nitriles is 2. The summed E-state index contributed by atoms with van der Waals surface area (Å²) in [6.07, 6.45) is 0. The van der Waals surface area contributed by atoms with Crippen molar-refractivity contribution in [3.8, 4) is 12.1 Å². The summed E-state index contributed by atoms with van der Waals surface area (Å²) in [6, 6.07) is 2.47. The first-order chi connectivity index (χ1) is 3.91. The Hall–Kier alpha value is 0.467. The molecule has 0 amide bonds. The van der Waals surface area contributed by atoms with E-state index in [1.807, 2.05) is 0 Å². The maximum absolute atomic E-state index is 8.55. The average Bonchev–Trinajstić information content (AvgIpc) is 1.61. The van der Waals surface area contributed by atoms with Gasteiger partial charge in [0.2, 0.25) is 0 Å². The molecule has 0 spiro atoms. The van der Waals surface area contributed by atoms with Crippen molar-refractivity contribution in [2.75, 3.05) is 0 Å². The second-order valence-electron chi connectivity index (χ2n) is 0.671. The van der Waals surface area contributed by atoms with Crippen LogP contribution in [0, 0.1) is 64.4 Å². The number of hydrogen-bond donors (Lipinski definition) is 0. The fourth-order valence-electron chi connectivity index (χ4n) is 0. The average molecular weight is 287 g/mol. The van der Waals surface area contributed by atoms with Gasteiger partial charge in [0.05, 0.1) is 0 Å². The first kappa shape index (κ1) is 16.8. The van der Waals surface area contributed by atoms with Gasteiger partial charge in [-0.15, -0.1) is 0 Å². The molecule has 0 saturated heterocycles. The standard InChI is InChI=1S/C2N2.Ce.H3O4P/c3-1-2-4;;1-5(2,3)4/h;;(H3,1,2,3,4)/q;+3;/p-3. The maximum atomic E-state index is 8.55. The summed E-state index contributed by atoms with van der Waals surface area (Å²) in [4.78, 5) is 25.6. The third-order valence-electron chi connectivity index (χ3n) is 0.0500. The molecule has 0 rings (SSSR count). The second-order valence-corrected chi connectivity index (χ2v) is 1.57. The molecule has 0 aliphatic heterocycles. The molecular formula is C2CeN2O4P. The van der Waals surface area contributed by atoms with E-state index in [-0.39, 0.29) is 41.7 Å². The quantitative estimate of drug-likeness (QED) is 0.442. The van der Waals surface area contributed by atoms with Gasteiger partial charge in [-0.3, -0.25) is 0 Å². The molecule has 10 heavy (non-hydrogen) atoms. The van der Waals surface area contributed by atoms with Crippen LogP contribution in [0.2, 0.25) is 0 Å². The summed E-state index contributed by atoms with van der Waals surface area (Å²) in [6.45, 7) is 0. The summed E-state index contributed by atoms with van der Waals surface area (Å²) < 4.78 is 8.55. The fraction of sp³-hybridized carbons (Fsp3) is 0. The largest absolute Gasteiger partial charge is 3.00 e. The van der Waals surface area contributed by atoms with Crippen LogP contribution in [0.3, 0.4) is 0 Å². The molecule has 0 N–H and O–H groups in total. The molecule has 0 atom stereocenters. The minimum atomic E-state index is -5.39. The third-order valence-corrected chi connectivity index (χ3v) is 0.0500. The molecule has 51 valence electrons. The van der Waals surface area contributed by atoms with Crippen molar-refractivity contribution in [1.82, 2.24) is 0 Å². The van der Waals surface area contributed by atoms with Crippen LogP contribution in [0.1, 0.15) is 0 Å². The van der Waals surface area contributed by atoms with Gasteiger partial charge in [-0.1, -0.05) is 0 Å². The van der Waals surface area contributed by atoms with Gasteiger partial charge in [0.15, 0.2) is 12.1 Å². The summed E-state index contributed by atoms with van der Waals surface area (Å²) >= 11 is 0. The van der Waals surface area contributed by atoms with E-state index in [4.69, 9.17) is 29.8 Å². The van der Waals surface area contributed by atoms with Crippen LogP contribution < -0.4 is 14.7 Å². The Labute approximate surface area is 90.7 Å². The summed E-state index contributed by atoms with van der Waals surface area (Å²) in [5.74, 6) is 0. The minimum Gasteiger partial charge on any atom is -0.822 e. The number of rotatable bonds is 0. The minimum absolute atomic E-state index is 0. The SMILES string of the molecule is N#CC#N.O=P([O-])([O-])[O-].[Ce+3]. The van der Waals surface area contributed by atoms with Crippen molar-refractivity contribution in [3.63, 3.8) is 0 Å². The molecule has 0 unspecified atom stereocenters. The maximum Gasteiger partial charge on any atom is 3.00 e. The summed E-state index contributed by atoms with van der Waals surface area (Å²) in [5, 5.41) is 14.5. The first-order valence-corrected chi connectivity index (χ1v) is 2.89. The number of hydrogen-bond acceptors (Lipinski definition) is 6. The molecular weight excluding hydrogens is 287 g/mol. The van der Waals surface area contributed by atoms with Gasteiger partial charge >= 0.3 is 41.7 Å². The topological polar surface area (TPSA) is 134 Å². The number of nitrogens with zero attached hydrogens (tertiary/aromatic N) is 2. The van der Waals surface area contributed by atoms with Crippen molar-refractivity contribution >= 4 is 7.82 Å². The Morgan fingerprint density at radius 2 is 1.20 bits per heavy atom. The van der Waals surface area contributed by atoms with Crippen molar-refractivity contribution in [1.29, 1.82) is 10.5 Å². The van der Waals surface area contributed by atoms with Crippen LogP contribution in [0.25, 0.3) is 0 Å². The van der Waals surface area contributed by atoms with E-state index in [0.717, 1.165) is 0 Å². The molecule has 0 aromatic carbocycles. The molecule has 0 fully saturated rings. The van der Waals surface area contributed by atoms with Crippen LogP contribution >= 0.6 is 7.82 Å². The van der Waals surface area contributed by atoms with E-state index in [9.17, 15) is 0 Å². The Bertz CT molecular complexity index is 166. The van der Waals surface area contributed by atoms with E-state index in [2.05, 4.69) is 0 Å². The van der Waals surface area contributed by atoms with Crippen LogP contribution in [-0.2, 0) is 4.57 Å². The molecule has 0 aromatic rings.